The summed E-state index contributed by atoms with van der Waals surface area (Å²) < 4.78 is 5.33. The third kappa shape index (κ3) is 3.38. The van der Waals surface area contributed by atoms with Gasteiger partial charge in [-0.05, 0) is 47.4 Å². The highest BCUT2D eigenvalue weighted by atomic mass is 16.5. The maximum Gasteiger partial charge on any atom is 0.343 e. The summed E-state index contributed by atoms with van der Waals surface area (Å²) in [6.45, 7) is 6.42. The first-order valence-corrected chi connectivity index (χ1v) is 6.54. The molecule has 2 aromatic rings. The van der Waals surface area contributed by atoms with E-state index in [1.54, 1.807) is 24.3 Å². The van der Waals surface area contributed by atoms with E-state index >= 15 is 0 Å². The monoisotopic (exact) mass is 269 g/mol. The van der Waals surface area contributed by atoms with Crippen LogP contribution in [0, 0.1) is 0 Å². The Balaban J connectivity index is 2.10. The quantitative estimate of drug-likeness (QED) is 0.512. The molecule has 0 aliphatic rings. The highest BCUT2D eigenvalue weighted by Gasteiger charge is 2.14. The minimum atomic E-state index is -0.381. The Morgan fingerprint density at radius 2 is 1.50 bits per heavy atom. The third-order valence-corrected chi connectivity index (χ3v) is 3.08. The second-order valence-electron chi connectivity index (χ2n) is 5.79. The molecule has 0 radical (unpaired) electrons. The Kier molecular flexibility index (Phi) is 3.79. The molecule has 0 aliphatic heterocycles. The first-order chi connectivity index (χ1) is 9.36. The molecular weight excluding hydrogens is 250 g/mol. The number of nitrogen functional groups attached to an aromatic ring is 1. The first-order valence-electron chi connectivity index (χ1n) is 6.54. The predicted molar refractivity (Wildman–Crippen MR) is 81.0 cm³/mol. The van der Waals surface area contributed by atoms with Gasteiger partial charge in [-0.3, -0.25) is 0 Å². The number of hydrogen-bond acceptors (Lipinski definition) is 3. The molecule has 20 heavy (non-hydrogen) atoms. The van der Waals surface area contributed by atoms with Crippen molar-refractivity contribution in [3.63, 3.8) is 0 Å². The van der Waals surface area contributed by atoms with Gasteiger partial charge in [0.25, 0.3) is 0 Å². The highest BCUT2D eigenvalue weighted by Crippen LogP contribution is 2.24. The van der Waals surface area contributed by atoms with Crippen molar-refractivity contribution >= 4 is 11.7 Å². The van der Waals surface area contributed by atoms with Crippen LogP contribution in [0.5, 0.6) is 5.75 Å². The minimum absolute atomic E-state index is 0.0828. The van der Waals surface area contributed by atoms with E-state index in [4.69, 9.17) is 10.5 Å². The summed E-state index contributed by atoms with van der Waals surface area (Å²) in [5.41, 5.74) is 7.97. The van der Waals surface area contributed by atoms with E-state index < -0.39 is 0 Å². The fourth-order valence-electron chi connectivity index (χ4n) is 1.81. The fourth-order valence-corrected chi connectivity index (χ4v) is 1.81. The van der Waals surface area contributed by atoms with Gasteiger partial charge in [0, 0.05) is 5.69 Å². The molecule has 0 saturated carbocycles. The normalized spacial score (nSPS) is 11.2. The summed E-state index contributed by atoms with van der Waals surface area (Å²) in [5, 5.41) is 0. The summed E-state index contributed by atoms with van der Waals surface area (Å²) >= 11 is 0. The molecular formula is C17H19NO2. The zero-order chi connectivity index (χ0) is 14.8. The van der Waals surface area contributed by atoms with E-state index in [0.29, 0.717) is 17.0 Å². The van der Waals surface area contributed by atoms with Crippen molar-refractivity contribution < 1.29 is 9.53 Å². The molecule has 0 saturated heterocycles. The molecule has 0 bridgehead atoms. The number of hydrogen-bond donors (Lipinski definition) is 1. The van der Waals surface area contributed by atoms with Crippen LogP contribution in [0.4, 0.5) is 5.69 Å². The van der Waals surface area contributed by atoms with Gasteiger partial charge in [-0.25, -0.2) is 4.79 Å². The Bertz CT molecular complexity index is 592. The number of nitrogens with two attached hydrogens (primary N) is 1. The highest BCUT2D eigenvalue weighted by molar-refractivity contribution is 5.91. The number of benzene rings is 2. The molecule has 2 aromatic carbocycles. The molecule has 104 valence electrons. The van der Waals surface area contributed by atoms with Crippen LogP contribution in [-0.2, 0) is 5.41 Å². The largest absolute Gasteiger partial charge is 0.423 e. The van der Waals surface area contributed by atoms with Gasteiger partial charge in [-0.15, -0.1) is 0 Å². The van der Waals surface area contributed by atoms with Gasteiger partial charge in [0.05, 0.1) is 5.56 Å². The lowest BCUT2D eigenvalue weighted by molar-refractivity contribution is 0.0735. The van der Waals surface area contributed by atoms with E-state index in [-0.39, 0.29) is 11.4 Å². The van der Waals surface area contributed by atoms with Crippen molar-refractivity contribution in [2.24, 2.45) is 0 Å². The smallest absolute Gasteiger partial charge is 0.343 e. The summed E-state index contributed by atoms with van der Waals surface area (Å²) in [5.74, 6) is 0.160. The van der Waals surface area contributed by atoms with Gasteiger partial charge < -0.3 is 10.5 Å². The lowest BCUT2D eigenvalue weighted by Gasteiger charge is -2.19. The lowest BCUT2D eigenvalue weighted by atomic mass is 9.87. The standard InChI is InChI=1S/C17H19NO2/c1-17(2,3)13-6-10-15(11-7-13)20-16(19)12-4-8-14(18)9-5-12/h4-11H,18H2,1-3H3. The van der Waals surface area contributed by atoms with Crippen LogP contribution in [0.1, 0.15) is 36.7 Å². The maximum atomic E-state index is 11.9. The topological polar surface area (TPSA) is 52.3 Å². The van der Waals surface area contributed by atoms with Gasteiger partial charge in [-0.1, -0.05) is 32.9 Å². The van der Waals surface area contributed by atoms with Crippen LogP contribution >= 0.6 is 0 Å². The van der Waals surface area contributed by atoms with Crippen molar-refractivity contribution in [2.75, 3.05) is 5.73 Å². The van der Waals surface area contributed by atoms with Crippen LogP contribution in [0.25, 0.3) is 0 Å². The third-order valence-electron chi connectivity index (χ3n) is 3.08. The van der Waals surface area contributed by atoms with E-state index in [2.05, 4.69) is 20.8 Å². The van der Waals surface area contributed by atoms with Crippen molar-refractivity contribution in [3.8, 4) is 5.75 Å². The van der Waals surface area contributed by atoms with E-state index in [1.165, 1.54) is 5.56 Å². The SMILES string of the molecule is CC(C)(C)c1ccc(OC(=O)c2ccc(N)cc2)cc1. The van der Waals surface area contributed by atoms with Crippen molar-refractivity contribution in [1.82, 2.24) is 0 Å². The predicted octanol–water partition coefficient (Wildman–Crippen LogP) is 3.79. The number of anilines is 1. The number of carbonyl (C=O) groups excluding carboxylic acids is 1. The Hall–Kier alpha value is -2.29. The maximum absolute atomic E-state index is 11.9. The molecule has 0 aliphatic carbocycles. The Morgan fingerprint density at radius 3 is 2.00 bits per heavy atom. The molecule has 0 unspecified atom stereocenters. The number of rotatable bonds is 2. The van der Waals surface area contributed by atoms with E-state index in [1.807, 2.05) is 24.3 Å². The molecule has 0 aromatic heterocycles. The molecule has 3 nitrogen and oxygen atoms in total. The second-order valence-corrected chi connectivity index (χ2v) is 5.79. The average Bonchev–Trinajstić information content (AvgIpc) is 2.39. The zero-order valence-electron chi connectivity index (χ0n) is 12.0. The molecule has 0 amide bonds. The molecule has 0 atom stereocenters. The lowest BCUT2D eigenvalue weighted by Crippen LogP contribution is -2.11. The molecule has 0 spiro atoms. The van der Waals surface area contributed by atoms with Crippen molar-refractivity contribution in [1.29, 1.82) is 0 Å². The molecule has 3 heteroatoms. The van der Waals surface area contributed by atoms with Gasteiger partial charge in [-0.2, -0.15) is 0 Å². The van der Waals surface area contributed by atoms with Crippen molar-refractivity contribution in [3.05, 3.63) is 59.7 Å². The van der Waals surface area contributed by atoms with Gasteiger partial charge in [0.2, 0.25) is 0 Å². The summed E-state index contributed by atoms with van der Waals surface area (Å²) in [6, 6.07) is 14.3. The average molecular weight is 269 g/mol. The van der Waals surface area contributed by atoms with Gasteiger partial charge in [0.1, 0.15) is 5.75 Å². The second kappa shape index (κ2) is 5.37. The Labute approximate surface area is 119 Å². The minimum Gasteiger partial charge on any atom is -0.423 e. The van der Waals surface area contributed by atoms with Crippen LogP contribution < -0.4 is 10.5 Å². The van der Waals surface area contributed by atoms with E-state index in [0.717, 1.165) is 0 Å². The van der Waals surface area contributed by atoms with Gasteiger partial charge in [0.15, 0.2) is 0 Å². The molecule has 2 N–H and O–H groups in total. The summed E-state index contributed by atoms with van der Waals surface area (Å²) in [6.07, 6.45) is 0. The van der Waals surface area contributed by atoms with Gasteiger partial charge >= 0.3 is 5.97 Å². The van der Waals surface area contributed by atoms with E-state index in [9.17, 15) is 4.79 Å². The summed E-state index contributed by atoms with van der Waals surface area (Å²) in [4.78, 5) is 11.9. The fraction of sp³-hybridized carbons (Fsp3) is 0.235. The van der Waals surface area contributed by atoms with Crippen LogP contribution in [0.3, 0.4) is 0 Å². The summed E-state index contributed by atoms with van der Waals surface area (Å²) in [7, 11) is 0. The van der Waals surface area contributed by atoms with Crippen LogP contribution in [0.15, 0.2) is 48.5 Å². The van der Waals surface area contributed by atoms with Crippen LogP contribution in [-0.4, -0.2) is 5.97 Å². The zero-order valence-corrected chi connectivity index (χ0v) is 12.0. The Morgan fingerprint density at radius 1 is 0.950 bits per heavy atom. The van der Waals surface area contributed by atoms with Crippen molar-refractivity contribution in [2.45, 2.75) is 26.2 Å². The number of carbonyl (C=O) groups is 1. The first kappa shape index (κ1) is 14.1. The molecule has 2 rings (SSSR count). The molecule has 0 heterocycles. The van der Waals surface area contributed by atoms with Crippen LogP contribution in [0.2, 0.25) is 0 Å². The number of esters is 1. The number of ether oxygens (including phenoxy) is 1. The molecule has 0 fully saturated rings.